The number of benzene rings is 1. The van der Waals surface area contributed by atoms with Crippen LogP contribution in [0, 0.1) is 11.7 Å². The van der Waals surface area contributed by atoms with Crippen LogP contribution in [-0.2, 0) is 22.5 Å². The number of carbonyl (C=O) groups excluding carboxylic acids is 1. The summed E-state index contributed by atoms with van der Waals surface area (Å²) in [6, 6.07) is 4.64. The van der Waals surface area contributed by atoms with Gasteiger partial charge in [0.1, 0.15) is 11.6 Å². The molecule has 7 heteroatoms. The Morgan fingerprint density at radius 3 is 2.88 bits per heavy atom. The van der Waals surface area contributed by atoms with E-state index in [1.165, 1.54) is 6.07 Å². The second-order valence-electron chi connectivity index (χ2n) is 6.97. The van der Waals surface area contributed by atoms with Crippen molar-refractivity contribution >= 4 is 11.6 Å². The van der Waals surface area contributed by atoms with Crippen LogP contribution in [0.1, 0.15) is 37.9 Å². The molecule has 1 N–H and O–H groups in total. The molecule has 1 fully saturated rings. The lowest BCUT2D eigenvalue weighted by Crippen LogP contribution is -2.28. The molecule has 0 spiro atoms. The maximum absolute atomic E-state index is 14.5. The highest BCUT2D eigenvalue weighted by Gasteiger charge is 2.23. The van der Waals surface area contributed by atoms with Gasteiger partial charge in [0.25, 0.3) is 0 Å². The second-order valence-corrected chi connectivity index (χ2v) is 6.97. The van der Waals surface area contributed by atoms with Crippen molar-refractivity contribution < 1.29 is 13.9 Å². The molecule has 0 unspecified atom stereocenters. The molecule has 4 rings (SSSR count). The quantitative estimate of drug-likeness (QED) is 0.915. The Kier molecular flexibility index (Phi) is 4.97. The Morgan fingerprint density at radius 1 is 1.19 bits per heavy atom. The summed E-state index contributed by atoms with van der Waals surface area (Å²) in [4.78, 5) is 12.4. The van der Waals surface area contributed by atoms with E-state index >= 15 is 0 Å². The fourth-order valence-electron chi connectivity index (χ4n) is 3.66. The first-order chi connectivity index (χ1) is 12.7. The van der Waals surface area contributed by atoms with Gasteiger partial charge in [0.05, 0.1) is 5.56 Å². The first-order valence-electron chi connectivity index (χ1n) is 9.33. The molecule has 1 aromatic carbocycles. The van der Waals surface area contributed by atoms with Crippen molar-refractivity contribution in [1.82, 2.24) is 14.8 Å². The highest BCUT2D eigenvalue weighted by atomic mass is 19.1. The van der Waals surface area contributed by atoms with E-state index in [9.17, 15) is 9.18 Å². The molecular formula is C19H23FN4O2. The van der Waals surface area contributed by atoms with E-state index in [1.54, 1.807) is 12.1 Å². The van der Waals surface area contributed by atoms with Crippen molar-refractivity contribution in [3.8, 4) is 11.4 Å². The summed E-state index contributed by atoms with van der Waals surface area (Å²) in [6.07, 6.45) is 5.58. The van der Waals surface area contributed by atoms with Crippen LogP contribution in [0.5, 0.6) is 0 Å². The van der Waals surface area contributed by atoms with Gasteiger partial charge in [-0.25, -0.2) is 4.39 Å². The molecule has 2 aliphatic heterocycles. The zero-order chi connectivity index (χ0) is 17.9. The Hall–Kier alpha value is -2.28. The number of amides is 1. The number of aromatic nitrogens is 3. The Bertz CT molecular complexity index is 799. The minimum atomic E-state index is -0.353. The minimum Gasteiger partial charge on any atom is -0.381 e. The third-order valence-electron chi connectivity index (χ3n) is 5.18. The molecule has 0 radical (unpaired) electrons. The van der Waals surface area contributed by atoms with Gasteiger partial charge >= 0.3 is 0 Å². The summed E-state index contributed by atoms with van der Waals surface area (Å²) < 4.78 is 21.8. The van der Waals surface area contributed by atoms with Crippen molar-refractivity contribution in [3.05, 3.63) is 29.8 Å². The number of hydrogen-bond donors (Lipinski definition) is 1. The number of fused-ring (bicyclic) bond motifs is 1. The third-order valence-corrected chi connectivity index (χ3v) is 5.18. The first-order valence-corrected chi connectivity index (χ1v) is 9.33. The molecule has 2 aliphatic rings. The van der Waals surface area contributed by atoms with Gasteiger partial charge in [-0.15, -0.1) is 10.2 Å². The summed E-state index contributed by atoms with van der Waals surface area (Å²) in [7, 11) is 0. The highest BCUT2D eigenvalue weighted by molar-refractivity contribution is 5.93. The molecule has 6 nitrogen and oxygen atoms in total. The average molecular weight is 358 g/mol. The van der Waals surface area contributed by atoms with Gasteiger partial charge in [-0.05, 0) is 43.9 Å². The van der Waals surface area contributed by atoms with Crippen LogP contribution in [0.3, 0.4) is 0 Å². The van der Waals surface area contributed by atoms with E-state index in [0.717, 1.165) is 50.9 Å². The number of nitrogens with one attached hydrogen (secondary N) is 1. The van der Waals surface area contributed by atoms with E-state index in [2.05, 4.69) is 15.5 Å². The normalized spacial score (nSPS) is 18.2. The number of halogens is 1. The van der Waals surface area contributed by atoms with Gasteiger partial charge in [0.2, 0.25) is 5.91 Å². The number of aryl methyl sites for hydroxylation is 1. The van der Waals surface area contributed by atoms with Crippen LogP contribution >= 0.6 is 0 Å². The molecular weight excluding hydrogens is 335 g/mol. The van der Waals surface area contributed by atoms with Gasteiger partial charge in [0.15, 0.2) is 5.82 Å². The Balaban J connectivity index is 1.59. The monoisotopic (exact) mass is 358 g/mol. The number of nitrogens with zero attached hydrogens (tertiary/aromatic N) is 3. The van der Waals surface area contributed by atoms with Crippen LogP contribution in [0.4, 0.5) is 10.1 Å². The van der Waals surface area contributed by atoms with E-state index in [0.29, 0.717) is 30.3 Å². The van der Waals surface area contributed by atoms with Crippen molar-refractivity contribution in [2.75, 3.05) is 18.5 Å². The molecule has 1 saturated heterocycles. The summed E-state index contributed by atoms with van der Waals surface area (Å²) >= 11 is 0. The van der Waals surface area contributed by atoms with E-state index in [4.69, 9.17) is 4.74 Å². The molecule has 0 atom stereocenters. The smallest absolute Gasteiger partial charge is 0.227 e. The second kappa shape index (κ2) is 7.53. The van der Waals surface area contributed by atoms with Gasteiger partial charge in [-0.1, -0.05) is 6.42 Å². The zero-order valence-corrected chi connectivity index (χ0v) is 14.7. The van der Waals surface area contributed by atoms with E-state index in [-0.39, 0.29) is 17.6 Å². The van der Waals surface area contributed by atoms with E-state index in [1.807, 2.05) is 4.57 Å². The lowest BCUT2D eigenvalue weighted by Gasteiger charge is -2.21. The van der Waals surface area contributed by atoms with Crippen LogP contribution in [-0.4, -0.2) is 33.9 Å². The van der Waals surface area contributed by atoms with Gasteiger partial charge in [-0.2, -0.15) is 0 Å². The summed E-state index contributed by atoms with van der Waals surface area (Å²) in [5.41, 5.74) is 0.972. The fourth-order valence-corrected chi connectivity index (χ4v) is 3.66. The van der Waals surface area contributed by atoms with Crippen LogP contribution < -0.4 is 5.32 Å². The molecule has 1 aromatic heterocycles. The lowest BCUT2D eigenvalue weighted by molar-refractivity contribution is -0.122. The maximum Gasteiger partial charge on any atom is 0.227 e. The zero-order valence-electron chi connectivity index (χ0n) is 14.7. The molecule has 0 bridgehead atoms. The van der Waals surface area contributed by atoms with Crippen molar-refractivity contribution in [3.63, 3.8) is 0 Å². The Labute approximate surface area is 151 Å². The lowest BCUT2D eigenvalue weighted by atomic mass is 9.99. The molecule has 26 heavy (non-hydrogen) atoms. The topological polar surface area (TPSA) is 69.0 Å². The Morgan fingerprint density at radius 2 is 2.04 bits per heavy atom. The van der Waals surface area contributed by atoms with Crippen LogP contribution in [0.15, 0.2) is 18.2 Å². The molecule has 0 saturated carbocycles. The van der Waals surface area contributed by atoms with Crippen molar-refractivity contribution in [2.24, 2.45) is 5.92 Å². The summed E-state index contributed by atoms with van der Waals surface area (Å²) in [5, 5.41) is 11.4. The largest absolute Gasteiger partial charge is 0.381 e. The SMILES string of the molecule is O=C(Nc1ccc(F)c(-c2nnc3n2CCCCC3)c1)C1CCOCC1. The summed E-state index contributed by atoms with van der Waals surface area (Å²) in [5.74, 6) is 1.01. The van der Waals surface area contributed by atoms with E-state index < -0.39 is 0 Å². The highest BCUT2D eigenvalue weighted by Crippen LogP contribution is 2.28. The van der Waals surface area contributed by atoms with Crippen LogP contribution in [0.2, 0.25) is 0 Å². The molecule has 1 amide bonds. The third kappa shape index (κ3) is 3.49. The first kappa shape index (κ1) is 17.1. The molecule has 138 valence electrons. The predicted octanol–water partition coefficient (Wildman–Crippen LogP) is 3.18. The number of rotatable bonds is 3. The number of hydrogen-bond acceptors (Lipinski definition) is 4. The van der Waals surface area contributed by atoms with Crippen molar-refractivity contribution in [2.45, 2.75) is 45.1 Å². The average Bonchev–Trinajstić information content (AvgIpc) is 2.92. The standard InChI is InChI=1S/C19H23FN4O2/c20-16-6-5-14(21-19(25)13-7-10-26-11-8-13)12-15(16)18-23-22-17-4-2-1-3-9-24(17)18/h5-6,12-13H,1-4,7-11H2,(H,21,25). The number of ether oxygens (including phenoxy) is 1. The fraction of sp³-hybridized carbons (Fsp3) is 0.526. The molecule has 3 heterocycles. The molecule has 2 aromatic rings. The van der Waals surface area contributed by atoms with Crippen molar-refractivity contribution in [1.29, 1.82) is 0 Å². The molecule has 0 aliphatic carbocycles. The van der Waals surface area contributed by atoms with Crippen LogP contribution in [0.25, 0.3) is 11.4 Å². The van der Waals surface area contributed by atoms with Gasteiger partial charge in [-0.3, -0.25) is 4.79 Å². The minimum absolute atomic E-state index is 0.0362. The van der Waals surface area contributed by atoms with Gasteiger partial charge < -0.3 is 14.6 Å². The number of carbonyl (C=O) groups is 1. The maximum atomic E-state index is 14.5. The summed E-state index contributed by atoms with van der Waals surface area (Å²) in [6.45, 7) is 2.02. The van der Waals surface area contributed by atoms with Gasteiger partial charge in [0, 0.05) is 37.8 Å². The number of anilines is 1. The predicted molar refractivity (Wildman–Crippen MR) is 95.1 cm³/mol.